The largest absolute Gasteiger partial charge is 0.242 e. The van der Waals surface area contributed by atoms with Crippen LogP contribution in [-0.4, -0.2) is 19.8 Å². The van der Waals surface area contributed by atoms with Gasteiger partial charge < -0.3 is 0 Å². The lowest BCUT2D eigenvalue weighted by Crippen LogP contribution is -2.42. The molecule has 0 bridgehead atoms. The topological polar surface area (TPSA) is 70.0 Å². The predicted molar refractivity (Wildman–Crippen MR) is 73.3 cm³/mol. The number of hydrogen-bond donors (Lipinski definition) is 1. The molecule has 0 aliphatic heterocycles. The van der Waals surface area contributed by atoms with Crippen LogP contribution in [0.4, 0.5) is 4.39 Å². The summed E-state index contributed by atoms with van der Waals surface area (Å²) in [6, 6.07) is 4.75. The Kier molecular flexibility index (Phi) is 4.63. The van der Waals surface area contributed by atoms with E-state index >= 15 is 0 Å². The predicted octanol–water partition coefficient (Wildman–Crippen LogP) is 2.53. The first-order valence-electron chi connectivity index (χ1n) is 6.30. The van der Waals surface area contributed by atoms with Crippen molar-refractivity contribution in [1.29, 1.82) is 5.26 Å². The van der Waals surface area contributed by atoms with Crippen LogP contribution in [0.2, 0.25) is 0 Å². The summed E-state index contributed by atoms with van der Waals surface area (Å²) < 4.78 is 40.6. The van der Waals surface area contributed by atoms with Gasteiger partial charge in [0.1, 0.15) is 22.3 Å². The number of hydrogen-bond acceptors (Lipinski definition) is 3. The molecule has 1 aromatic carbocycles. The number of sulfonamides is 1. The smallest absolute Gasteiger partial charge is 0.207 e. The van der Waals surface area contributed by atoms with E-state index < -0.39 is 21.4 Å². The van der Waals surface area contributed by atoms with E-state index in [0.717, 1.165) is 25.3 Å². The van der Waals surface area contributed by atoms with Gasteiger partial charge in [0, 0.05) is 11.4 Å². The van der Waals surface area contributed by atoms with Crippen molar-refractivity contribution in [1.82, 2.24) is 4.72 Å². The Morgan fingerprint density at radius 3 is 2.70 bits per heavy atom. The van der Waals surface area contributed by atoms with Crippen LogP contribution >= 0.6 is 11.6 Å². The molecule has 108 valence electrons. The fourth-order valence-electron chi connectivity index (χ4n) is 2.32. The molecule has 1 saturated carbocycles. The molecule has 2 atom stereocenters. The van der Waals surface area contributed by atoms with Gasteiger partial charge in [-0.1, -0.05) is 18.9 Å². The first kappa shape index (κ1) is 15.2. The molecule has 0 amide bonds. The minimum atomic E-state index is -3.96. The Morgan fingerprint density at radius 1 is 1.35 bits per heavy atom. The Bertz CT molecular complexity index is 642. The lowest BCUT2D eigenvalue weighted by atomic mass is 9.96. The Balaban J connectivity index is 2.32. The number of halogens is 2. The summed E-state index contributed by atoms with van der Waals surface area (Å²) in [5, 5.41) is 8.63. The molecular weight excluding hydrogens is 303 g/mol. The molecule has 2 unspecified atom stereocenters. The van der Waals surface area contributed by atoms with Crippen LogP contribution in [0.25, 0.3) is 0 Å². The van der Waals surface area contributed by atoms with E-state index in [4.69, 9.17) is 16.9 Å². The number of nitrogens with zero attached hydrogens (tertiary/aromatic N) is 1. The molecule has 7 heteroatoms. The van der Waals surface area contributed by atoms with Crippen LogP contribution in [0.5, 0.6) is 0 Å². The zero-order valence-corrected chi connectivity index (χ0v) is 12.2. The van der Waals surface area contributed by atoms with Crippen LogP contribution in [0.3, 0.4) is 0 Å². The van der Waals surface area contributed by atoms with E-state index in [1.165, 1.54) is 12.1 Å². The summed E-state index contributed by atoms with van der Waals surface area (Å²) in [5.41, 5.74) is -0.470. The van der Waals surface area contributed by atoms with Crippen molar-refractivity contribution in [2.24, 2.45) is 0 Å². The minimum absolute atomic E-state index is 0.280. The zero-order chi connectivity index (χ0) is 14.8. The molecule has 0 heterocycles. The second-order valence-electron chi connectivity index (χ2n) is 4.75. The lowest BCUT2D eigenvalue weighted by Gasteiger charge is -2.27. The first-order valence-corrected chi connectivity index (χ1v) is 8.22. The van der Waals surface area contributed by atoms with E-state index in [9.17, 15) is 12.8 Å². The summed E-state index contributed by atoms with van der Waals surface area (Å²) in [6.07, 6.45) is 3.24. The standard InChI is InChI=1S/C13H14ClFN2O2S/c14-10-4-1-2-6-12(10)17-20(18,19)13-7-3-5-11(15)9(13)8-16/h3,5,7,10,12,17H,1-2,4,6H2. The van der Waals surface area contributed by atoms with Gasteiger partial charge in [-0.2, -0.15) is 5.26 Å². The van der Waals surface area contributed by atoms with Gasteiger partial charge in [0.05, 0.1) is 0 Å². The number of nitrogens with one attached hydrogen (secondary N) is 1. The monoisotopic (exact) mass is 316 g/mol. The molecular formula is C13H14ClFN2O2S. The van der Waals surface area contributed by atoms with E-state index in [-0.39, 0.29) is 16.3 Å². The van der Waals surface area contributed by atoms with Crippen molar-refractivity contribution in [3.8, 4) is 6.07 Å². The van der Waals surface area contributed by atoms with Crippen molar-refractivity contribution in [2.75, 3.05) is 0 Å². The van der Waals surface area contributed by atoms with Crippen molar-refractivity contribution in [3.63, 3.8) is 0 Å². The summed E-state index contributed by atoms with van der Waals surface area (Å²) in [4.78, 5) is -0.338. The molecule has 2 rings (SSSR count). The Morgan fingerprint density at radius 2 is 2.05 bits per heavy atom. The minimum Gasteiger partial charge on any atom is -0.207 e. The average molecular weight is 317 g/mol. The number of nitriles is 1. The van der Waals surface area contributed by atoms with E-state index in [2.05, 4.69) is 4.72 Å². The lowest BCUT2D eigenvalue weighted by molar-refractivity contribution is 0.418. The van der Waals surface area contributed by atoms with Gasteiger partial charge in [-0.15, -0.1) is 11.6 Å². The van der Waals surface area contributed by atoms with Crippen LogP contribution in [0.15, 0.2) is 23.1 Å². The van der Waals surface area contributed by atoms with Crippen molar-refractivity contribution in [3.05, 3.63) is 29.6 Å². The van der Waals surface area contributed by atoms with Crippen LogP contribution in [0, 0.1) is 17.1 Å². The van der Waals surface area contributed by atoms with Crippen LogP contribution < -0.4 is 4.72 Å². The molecule has 1 N–H and O–H groups in total. The molecule has 0 radical (unpaired) electrons. The van der Waals surface area contributed by atoms with Gasteiger partial charge in [0.2, 0.25) is 10.0 Å². The maximum Gasteiger partial charge on any atom is 0.242 e. The molecule has 1 aliphatic rings. The third-order valence-corrected chi connectivity index (χ3v) is 5.42. The first-order chi connectivity index (χ1) is 9.45. The van der Waals surface area contributed by atoms with E-state index in [1.54, 1.807) is 6.07 Å². The highest BCUT2D eigenvalue weighted by atomic mass is 35.5. The summed E-state index contributed by atoms with van der Waals surface area (Å²) in [6.45, 7) is 0. The zero-order valence-electron chi connectivity index (χ0n) is 10.6. The SMILES string of the molecule is N#Cc1c(F)cccc1S(=O)(=O)NC1CCCCC1Cl. The summed E-state index contributed by atoms with van der Waals surface area (Å²) in [7, 11) is -3.96. The van der Waals surface area contributed by atoms with Crippen LogP contribution in [0.1, 0.15) is 31.2 Å². The van der Waals surface area contributed by atoms with E-state index in [1.807, 2.05) is 0 Å². The summed E-state index contributed by atoms with van der Waals surface area (Å²) >= 11 is 6.12. The fourth-order valence-corrected chi connectivity index (χ4v) is 4.21. The molecule has 1 aromatic rings. The van der Waals surface area contributed by atoms with Crippen molar-refractivity contribution >= 4 is 21.6 Å². The molecule has 1 aliphatic carbocycles. The molecule has 4 nitrogen and oxygen atoms in total. The highest BCUT2D eigenvalue weighted by Crippen LogP contribution is 2.25. The van der Waals surface area contributed by atoms with Gasteiger partial charge in [0.15, 0.2) is 0 Å². The van der Waals surface area contributed by atoms with Gasteiger partial charge >= 0.3 is 0 Å². The molecule has 0 saturated heterocycles. The number of alkyl halides is 1. The van der Waals surface area contributed by atoms with Gasteiger partial charge in [0.25, 0.3) is 0 Å². The Hall–Kier alpha value is -1.16. The maximum absolute atomic E-state index is 13.5. The molecule has 20 heavy (non-hydrogen) atoms. The highest BCUT2D eigenvalue weighted by molar-refractivity contribution is 7.89. The van der Waals surface area contributed by atoms with E-state index in [0.29, 0.717) is 6.42 Å². The highest BCUT2D eigenvalue weighted by Gasteiger charge is 2.30. The summed E-state index contributed by atoms with van der Waals surface area (Å²) in [5.74, 6) is -0.846. The quantitative estimate of drug-likeness (QED) is 0.871. The fraction of sp³-hybridized carbons (Fsp3) is 0.462. The van der Waals surface area contributed by atoms with Crippen molar-refractivity contribution < 1.29 is 12.8 Å². The molecule has 1 fully saturated rings. The average Bonchev–Trinajstić information content (AvgIpc) is 2.41. The van der Waals surface area contributed by atoms with Gasteiger partial charge in [-0.25, -0.2) is 17.5 Å². The molecule has 0 spiro atoms. The number of rotatable bonds is 3. The second-order valence-corrected chi connectivity index (χ2v) is 7.00. The molecule has 0 aromatic heterocycles. The third-order valence-electron chi connectivity index (χ3n) is 3.36. The third kappa shape index (κ3) is 3.11. The number of benzene rings is 1. The van der Waals surface area contributed by atoms with Gasteiger partial charge in [-0.05, 0) is 25.0 Å². The maximum atomic E-state index is 13.5. The normalized spacial score (nSPS) is 23.2. The van der Waals surface area contributed by atoms with Gasteiger partial charge in [-0.3, -0.25) is 0 Å². The van der Waals surface area contributed by atoms with Crippen LogP contribution in [-0.2, 0) is 10.0 Å². The second kappa shape index (κ2) is 6.08. The Labute approximate surface area is 122 Å². The van der Waals surface area contributed by atoms with Crippen molar-refractivity contribution in [2.45, 2.75) is 42.0 Å².